The fraction of sp³-hybridized carbons (Fsp3) is 0.0345. The van der Waals surface area contributed by atoms with Crippen LogP contribution in [0.3, 0.4) is 0 Å². The first-order valence-corrected chi connectivity index (χ1v) is 11.3. The number of rotatable bonds is 6. The second-order valence-electron chi connectivity index (χ2n) is 7.96. The van der Waals surface area contributed by atoms with Crippen LogP contribution in [0.5, 0.6) is 5.75 Å². The number of benzene rings is 3. The Morgan fingerprint density at radius 2 is 1.61 bits per heavy atom. The van der Waals surface area contributed by atoms with Crippen LogP contribution in [0.2, 0.25) is 0 Å². The molecule has 176 valence electrons. The van der Waals surface area contributed by atoms with Crippen LogP contribution in [-0.4, -0.2) is 29.7 Å². The van der Waals surface area contributed by atoms with Crippen LogP contribution in [0.25, 0.3) is 6.08 Å². The predicted molar refractivity (Wildman–Crippen MR) is 140 cm³/mol. The number of hydrogen-bond donors (Lipinski definition) is 1. The Labute approximate surface area is 208 Å². The number of carbonyl (C=O) groups excluding carboxylic acids is 2. The van der Waals surface area contributed by atoms with Crippen LogP contribution >= 0.6 is 0 Å². The van der Waals surface area contributed by atoms with E-state index in [1.165, 1.54) is 0 Å². The number of carbonyl (C=O) groups is 2. The third-order valence-electron chi connectivity index (χ3n) is 5.60. The van der Waals surface area contributed by atoms with Crippen molar-refractivity contribution >= 4 is 35.1 Å². The number of nitrogens with one attached hydrogen (secondary N) is 1. The van der Waals surface area contributed by atoms with E-state index in [1.54, 1.807) is 72.8 Å². The number of ether oxygens (including phenoxy) is 1. The summed E-state index contributed by atoms with van der Waals surface area (Å²) in [6, 6.07) is 28.9. The monoisotopic (exact) mass is 474 g/mol. The number of methoxy groups -OCH3 is 1. The van der Waals surface area contributed by atoms with Crippen molar-refractivity contribution in [1.29, 1.82) is 0 Å². The van der Waals surface area contributed by atoms with Crippen molar-refractivity contribution in [2.75, 3.05) is 17.3 Å². The van der Waals surface area contributed by atoms with Gasteiger partial charge in [-0.15, -0.1) is 0 Å². The molecule has 1 aliphatic heterocycles. The van der Waals surface area contributed by atoms with Gasteiger partial charge in [0.2, 0.25) is 0 Å². The maximum Gasteiger partial charge on any atom is 0.282 e. The molecule has 36 heavy (non-hydrogen) atoms. The van der Waals surface area contributed by atoms with Crippen molar-refractivity contribution in [2.24, 2.45) is 4.99 Å². The highest BCUT2D eigenvalue weighted by molar-refractivity contribution is 6.33. The summed E-state index contributed by atoms with van der Waals surface area (Å²) in [5, 5.41) is 2.86. The van der Waals surface area contributed by atoms with Gasteiger partial charge in [-0.25, -0.2) is 4.99 Å². The molecule has 1 aromatic heterocycles. The van der Waals surface area contributed by atoms with Crippen molar-refractivity contribution in [3.8, 4) is 5.75 Å². The lowest BCUT2D eigenvalue weighted by Gasteiger charge is -2.19. The summed E-state index contributed by atoms with van der Waals surface area (Å²) in [5.74, 6) is 0.695. The topological polar surface area (TPSA) is 83.9 Å². The first-order valence-electron chi connectivity index (χ1n) is 11.3. The number of aliphatic imine (C=N–C) groups is 1. The molecule has 2 heterocycles. The van der Waals surface area contributed by atoms with E-state index in [1.807, 2.05) is 48.5 Å². The lowest BCUT2D eigenvalue weighted by atomic mass is 10.1. The molecule has 0 saturated carbocycles. The lowest BCUT2D eigenvalue weighted by molar-refractivity contribution is -0.113. The van der Waals surface area contributed by atoms with Crippen LogP contribution in [0.15, 0.2) is 114 Å². The third kappa shape index (κ3) is 4.76. The van der Waals surface area contributed by atoms with E-state index in [0.29, 0.717) is 34.2 Å². The number of aromatic nitrogens is 1. The molecule has 0 fully saturated rings. The number of hydrogen-bond acceptors (Lipinski definition) is 5. The summed E-state index contributed by atoms with van der Waals surface area (Å²) >= 11 is 0. The molecule has 7 heteroatoms. The molecule has 0 atom stereocenters. The second-order valence-corrected chi connectivity index (χ2v) is 7.96. The quantitative estimate of drug-likeness (QED) is 0.391. The lowest BCUT2D eigenvalue weighted by Crippen LogP contribution is -2.32. The molecule has 0 radical (unpaired) electrons. The van der Waals surface area contributed by atoms with Crippen molar-refractivity contribution < 1.29 is 14.3 Å². The molecule has 0 saturated heterocycles. The van der Waals surface area contributed by atoms with Gasteiger partial charge in [-0.3, -0.25) is 19.5 Å². The van der Waals surface area contributed by atoms with Gasteiger partial charge >= 0.3 is 0 Å². The zero-order valence-electron chi connectivity index (χ0n) is 19.5. The molecule has 5 rings (SSSR count). The molecule has 0 spiro atoms. The van der Waals surface area contributed by atoms with Gasteiger partial charge in [0.05, 0.1) is 18.5 Å². The second kappa shape index (κ2) is 10.1. The standard InChI is InChI=1S/C29H22N4O3/c1-36-25-16-12-22(13-17-25)31-28(34)21-10-14-24(15-11-21)33-27(20-7-3-2-4-8-20)32-26(29(33)35)19-23-9-5-6-18-30-23/h2-19H,1H3,(H,31,34). The van der Waals surface area contributed by atoms with Gasteiger partial charge < -0.3 is 10.1 Å². The molecule has 1 N–H and O–H groups in total. The molecular formula is C29H22N4O3. The Balaban J connectivity index is 1.42. The number of pyridine rings is 1. The molecule has 1 aliphatic rings. The molecule has 0 aliphatic carbocycles. The van der Waals surface area contributed by atoms with E-state index in [0.717, 1.165) is 5.56 Å². The third-order valence-corrected chi connectivity index (χ3v) is 5.60. The Bertz CT molecular complexity index is 1450. The number of amidine groups is 1. The summed E-state index contributed by atoms with van der Waals surface area (Å²) < 4.78 is 5.15. The maximum atomic E-state index is 13.4. The van der Waals surface area contributed by atoms with Crippen molar-refractivity contribution in [3.63, 3.8) is 0 Å². The van der Waals surface area contributed by atoms with E-state index in [2.05, 4.69) is 15.3 Å². The van der Waals surface area contributed by atoms with Gasteiger partial charge in [-0.2, -0.15) is 0 Å². The normalized spacial score (nSPS) is 14.0. The molecule has 7 nitrogen and oxygen atoms in total. The summed E-state index contributed by atoms with van der Waals surface area (Å²) in [5.41, 5.74) is 3.45. The van der Waals surface area contributed by atoms with Gasteiger partial charge in [0.1, 0.15) is 17.3 Å². The van der Waals surface area contributed by atoms with Gasteiger partial charge in [0.15, 0.2) is 0 Å². The fourth-order valence-corrected chi connectivity index (χ4v) is 3.78. The largest absolute Gasteiger partial charge is 0.497 e. The van der Waals surface area contributed by atoms with E-state index >= 15 is 0 Å². The van der Waals surface area contributed by atoms with Gasteiger partial charge in [0.25, 0.3) is 11.8 Å². The highest BCUT2D eigenvalue weighted by Gasteiger charge is 2.32. The summed E-state index contributed by atoms with van der Waals surface area (Å²) in [6.07, 6.45) is 3.34. The SMILES string of the molecule is COc1ccc(NC(=O)c2ccc(N3C(=O)C(=Cc4ccccn4)N=C3c3ccccc3)cc2)cc1. The van der Waals surface area contributed by atoms with Gasteiger partial charge in [-0.05, 0) is 66.7 Å². The summed E-state index contributed by atoms with van der Waals surface area (Å²) in [4.78, 5) is 36.7. The van der Waals surface area contributed by atoms with Crippen LogP contribution < -0.4 is 15.0 Å². The zero-order valence-corrected chi connectivity index (χ0v) is 19.5. The molecule has 0 unspecified atom stereocenters. The predicted octanol–water partition coefficient (Wildman–Crippen LogP) is 5.18. The van der Waals surface area contributed by atoms with Crippen molar-refractivity contribution in [2.45, 2.75) is 0 Å². The first kappa shape index (κ1) is 22.7. The average molecular weight is 475 g/mol. The minimum absolute atomic E-state index is 0.257. The number of amides is 2. The van der Waals surface area contributed by atoms with Gasteiger partial charge in [-0.1, -0.05) is 36.4 Å². The fourth-order valence-electron chi connectivity index (χ4n) is 3.78. The molecule has 4 aromatic rings. The number of nitrogens with zero attached hydrogens (tertiary/aromatic N) is 3. The maximum absolute atomic E-state index is 13.4. The van der Waals surface area contributed by atoms with Crippen molar-refractivity contribution in [1.82, 2.24) is 4.98 Å². The Morgan fingerprint density at radius 1 is 0.889 bits per heavy atom. The van der Waals surface area contributed by atoms with Crippen LogP contribution in [0, 0.1) is 0 Å². The zero-order chi connectivity index (χ0) is 24.9. The van der Waals surface area contributed by atoms with E-state index in [9.17, 15) is 9.59 Å². The first-order chi connectivity index (χ1) is 17.6. The minimum atomic E-state index is -0.269. The number of anilines is 2. The Kier molecular flexibility index (Phi) is 6.36. The average Bonchev–Trinajstić information content (AvgIpc) is 3.25. The highest BCUT2D eigenvalue weighted by atomic mass is 16.5. The van der Waals surface area contributed by atoms with Crippen molar-refractivity contribution in [3.05, 3.63) is 126 Å². The molecule has 2 amide bonds. The molecular weight excluding hydrogens is 452 g/mol. The summed E-state index contributed by atoms with van der Waals surface area (Å²) in [7, 11) is 1.59. The van der Waals surface area contributed by atoms with E-state index < -0.39 is 0 Å². The van der Waals surface area contributed by atoms with E-state index in [-0.39, 0.29) is 17.5 Å². The molecule has 0 bridgehead atoms. The smallest absolute Gasteiger partial charge is 0.282 e. The van der Waals surface area contributed by atoms with Gasteiger partial charge in [0, 0.05) is 23.0 Å². The minimum Gasteiger partial charge on any atom is -0.497 e. The van der Waals surface area contributed by atoms with Crippen LogP contribution in [0.1, 0.15) is 21.6 Å². The van der Waals surface area contributed by atoms with Crippen LogP contribution in [0.4, 0.5) is 11.4 Å². The highest BCUT2D eigenvalue weighted by Crippen LogP contribution is 2.28. The Hall–Kier alpha value is -5.04. The molecule has 3 aromatic carbocycles. The van der Waals surface area contributed by atoms with Crippen LogP contribution in [-0.2, 0) is 4.79 Å². The van der Waals surface area contributed by atoms with E-state index in [4.69, 9.17) is 4.74 Å². The Morgan fingerprint density at radius 3 is 2.28 bits per heavy atom. The summed E-state index contributed by atoms with van der Waals surface area (Å²) in [6.45, 7) is 0.